The van der Waals surface area contributed by atoms with Gasteiger partial charge >= 0.3 is 12.1 Å². The van der Waals surface area contributed by atoms with E-state index in [2.05, 4.69) is 24.3 Å². The van der Waals surface area contributed by atoms with Gasteiger partial charge in [0.15, 0.2) is 0 Å². The number of aliphatic carboxylic acids is 1. The molecule has 1 atom stereocenters. The van der Waals surface area contributed by atoms with Gasteiger partial charge in [0.2, 0.25) is 0 Å². The Hall–Kier alpha value is -3.80. The predicted octanol–water partition coefficient (Wildman–Crippen LogP) is 5.88. The van der Waals surface area contributed by atoms with Gasteiger partial charge in [-0.3, -0.25) is 4.90 Å². The van der Waals surface area contributed by atoms with Gasteiger partial charge < -0.3 is 14.6 Å². The van der Waals surface area contributed by atoms with Gasteiger partial charge in [-0.15, -0.1) is 0 Å². The third kappa shape index (κ3) is 4.43. The molecule has 1 amide bonds. The van der Waals surface area contributed by atoms with Crippen LogP contribution in [0.4, 0.5) is 4.79 Å². The van der Waals surface area contributed by atoms with Crippen LogP contribution in [0.5, 0.6) is 5.75 Å². The molecule has 0 spiro atoms. The Balaban J connectivity index is 1.33. The fourth-order valence-electron chi connectivity index (χ4n) is 5.26. The maximum Gasteiger partial charge on any atom is 0.411 e. The van der Waals surface area contributed by atoms with Crippen LogP contribution >= 0.6 is 0 Å². The number of methoxy groups -OCH3 is 1. The van der Waals surface area contributed by atoms with Crippen molar-refractivity contribution in [2.45, 2.75) is 50.1 Å². The number of ether oxygens (including phenoxy) is 2. The molecule has 0 aliphatic heterocycles. The fourth-order valence-corrected chi connectivity index (χ4v) is 5.26. The summed E-state index contributed by atoms with van der Waals surface area (Å²) >= 11 is 0. The Labute approximate surface area is 211 Å². The monoisotopic (exact) mass is 485 g/mol. The minimum Gasteiger partial charge on any atom is -0.497 e. The summed E-state index contributed by atoms with van der Waals surface area (Å²) in [4.78, 5) is 27.5. The van der Waals surface area contributed by atoms with E-state index in [4.69, 9.17) is 9.47 Å². The van der Waals surface area contributed by atoms with E-state index in [9.17, 15) is 14.7 Å². The number of carboxylic acid groups (broad SMARTS) is 1. The van der Waals surface area contributed by atoms with Crippen LogP contribution in [0.2, 0.25) is 0 Å². The van der Waals surface area contributed by atoms with Gasteiger partial charge in [-0.2, -0.15) is 0 Å². The molecule has 0 heterocycles. The first kappa shape index (κ1) is 23.9. The van der Waals surface area contributed by atoms with Crippen LogP contribution in [0.15, 0.2) is 72.8 Å². The molecule has 6 nitrogen and oxygen atoms in total. The highest BCUT2D eigenvalue weighted by Gasteiger charge is 2.50. The van der Waals surface area contributed by atoms with E-state index >= 15 is 0 Å². The second kappa shape index (κ2) is 9.69. The molecular formula is C30H31NO5. The van der Waals surface area contributed by atoms with Crippen molar-refractivity contribution in [1.82, 2.24) is 4.90 Å². The molecule has 2 aliphatic rings. The number of carbonyl (C=O) groups excluding carboxylic acids is 1. The van der Waals surface area contributed by atoms with Gasteiger partial charge in [0, 0.05) is 12.0 Å². The van der Waals surface area contributed by atoms with Gasteiger partial charge in [-0.05, 0) is 72.6 Å². The van der Waals surface area contributed by atoms with Gasteiger partial charge in [0.25, 0.3) is 0 Å². The summed E-state index contributed by atoms with van der Waals surface area (Å²) in [7, 11) is 1.61. The highest BCUT2D eigenvalue weighted by molar-refractivity contribution is 5.85. The SMILES string of the molecule is COc1ccc(CCC(C)(C(=O)O)N(C(=O)OCC2c3ccccc3-c3ccccc32)C2CC2)cc1. The van der Waals surface area contributed by atoms with Crippen LogP contribution < -0.4 is 4.74 Å². The molecule has 3 aromatic rings. The molecule has 1 saturated carbocycles. The molecule has 0 radical (unpaired) electrons. The Kier molecular flexibility index (Phi) is 6.44. The smallest absolute Gasteiger partial charge is 0.411 e. The van der Waals surface area contributed by atoms with Crippen molar-refractivity contribution < 1.29 is 24.2 Å². The first-order valence-electron chi connectivity index (χ1n) is 12.4. The van der Waals surface area contributed by atoms with E-state index in [1.165, 1.54) is 4.90 Å². The zero-order valence-corrected chi connectivity index (χ0v) is 20.6. The van der Waals surface area contributed by atoms with Gasteiger partial charge in [-0.25, -0.2) is 9.59 Å². The molecule has 0 bridgehead atoms. The summed E-state index contributed by atoms with van der Waals surface area (Å²) in [5, 5.41) is 10.3. The van der Waals surface area contributed by atoms with E-state index in [0.717, 1.165) is 46.4 Å². The van der Waals surface area contributed by atoms with Crippen molar-refractivity contribution in [2.24, 2.45) is 0 Å². The lowest BCUT2D eigenvalue weighted by molar-refractivity contribution is -0.150. The van der Waals surface area contributed by atoms with Crippen LogP contribution in [-0.2, 0) is 16.0 Å². The average molecular weight is 486 g/mol. The molecule has 1 N–H and O–H groups in total. The van der Waals surface area contributed by atoms with Gasteiger partial charge in [0.1, 0.15) is 17.9 Å². The third-order valence-electron chi connectivity index (χ3n) is 7.50. The summed E-state index contributed by atoms with van der Waals surface area (Å²) in [6, 6.07) is 23.8. The van der Waals surface area contributed by atoms with E-state index in [1.807, 2.05) is 48.5 Å². The highest BCUT2D eigenvalue weighted by Crippen LogP contribution is 2.45. The quantitative estimate of drug-likeness (QED) is 0.409. The summed E-state index contributed by atoms with van der Waals surface area (Å²) in [6.45, 7) is 1.81. The van der Waals surface area contributed by atoms with Crippen LogP contribution in [0.1, 0.15) is 48.8 Å². The Morgan fingerprint density at radius 1 is 0.944 bits per heavy atom. The number of amides is 1. The van der Waals surface area contributed by atoms with Crippen molar-refractivity contribution in [1.29, 1.82) is 0 Å². The normalized spacial score (nSPS) is 15.9. The molecule has 6 heteroatoms. The largest absolute Gasteiger partial charge is 0.497 e. The number of carboxylic acids is 1. The first-order valence-corrected chi connectivity index (χ1v) is 12.4. The number of rotatable bonds is 9. The number of nitrogens with zero attached hydrogens (tertiary/aromatic N) is 1. The average Bonchev–Trinajstić information content (AvgIpc) is 3.68. The maximum atomic E-state index is 13.5. The van der Waals surface area contributed by atoms with E-state index in [-0.39, 0.29) is 25.0 Å². The standard InChI is InChI=1S/C30H31NO5/c1-30(28(32)33,18-17-20-11-15-22(35-2)16-12-20)31(21-13-14-21)29(34)36-19-27-25-9-5-3-7-23(25)24-8-4-6-10-26(24)27/h3-12,15-16,21,27H,13-14,17-19H2,1-2H3,(H,32,33). The predicted molar refractivity (Wildman–Crippen MR) is 137 cm³/mol. The zero-order chi connectivity index (χ0) is 25.3. The van der Waals surface area contributed by atoms with Crippen LogP contribution in [0.25, 0.3) is 11.1 Å². The van der Waals surface area contributed by atoms with Crippen molar-refractivity contribution in [3.63, 3.8) is 0 Å². The molecule has 1 fully saturated rings. The van der Waals surface area contributed by atoms with Gasteiger partial charge in [0.05, 0.1) is 7.11 Å². The van der Waals surface area contributed by atoms with E-state index in [1.54, 1.807) is 14.0 Å². The Morgan fingerprint density at radius 3 is 2.06 bits per heavy atom. The van der Waals surface area contributed by atoms with Crippen molar-refractivity contribution in [3.05, 3.63) is 89.5 Å². The molecule has 186 valence electrons. The molecule has 1 unspecified atom stereocenters. The number of carbonyl (C=O) groups is 2. The van der Waals surface area contributed by atoms with Gasteiger partial charge in [-0.1, -0.05) is 60.7 Å². The molecule has 5 rings (SSSR count). The number of aryl methyl sites for hydroxylation is 1. The summed E-state index contributed by atoms with van der Waals surface area (Å²) in [5.41, 5.74) is 4.19. The lowest BCUT2D eigenvalue weighted by Gasteiger charge is -2.37. The minimum absolute atomic E-state index is 0.0715. The fraction of sp³-hybridized carbons (Fsp3) is 0.333. The second-order valence-electron chi connectivity index (χ2n) is 9.83. The topological polar surface area (TPSA) is 76.1 Å². The highest BCUT2D eigenvalue weighted by atomic mass is 16.6. The van der Waals surface area contributed by atoms with Crippen molar-refractivity contribution in [2.75, 3.05) is 13.7 Å². The molecule has 36 heavy (non-hydrogen) atoms. The molecule has 0 saturated heterocycles. The zero-order valence-electron chi connectivity index (χ0n) is 20.6. The molecular weight excluding hydrogens is 454 g/mol. The van der Waals surface area contributed by atoms with Crippen molar-refractivity contribution >= 4 is 12.1 Å². The van der Waals surface area contributed by atoms with Crippen LogP contribution in [-0.4, -0.2) is 47.4 Å². The summed E-state index contributed by atoms with van der Waals surface area (Å²) in [5.74, 6) is -0.341. The minimum atomic E-state index is -1.37. The molecule has 2 aliphatic carbocycles. The number of hydrogen-bond donors (Lipinski definition) is 1. The number of hydrogen-bond acceptors (Lipinski definition) is 4. The lowest BCUT2D eigenvalue weighted by atomic mass is 9.91. The Morgan fingerprint density at radius 2 is 1.53 bits per heavy atom. The van der Waals surface area contributed by atoms with Crippen LogP contribution in [0, 0.1) is 0 Å². The summed E-state index contributed by atoms with van der Waals surface area (Å²) in [6.07, 6.45) is 1.83. The van der Waals surface area contributed by atoms with E-state index in [0.29, 0.717) is 6.42 Å². The number of benzene rings is 3. The molecule has 3 aromatic carbocycles. The molecule has 0 aromatic heterocycles. The van der Waals surface area contributed by atoms with Crippen molar-refractivity contribution in [3.8, 4) is 16.9 Å². The van der Waals surface area contributed by atoms with Crippen LogP contribution in [0.3, 0.4) is 0 Å². The first-order chi connectivity index (χ1) is 17.4. The Bertz CT molecular complexity index is 1220. The summed E-state index contributed by atoms with van der Waals surface area (Å²) < 4.78 is 11.1. The lowest BCUT2D eigenvalue weighted by Crippen LogP contribution is -2.56. The third-order valence-corrected chi connectivity index (χ3v) is 7.50. The second-order valence-corrected chi connectivity index (χ2v) is 9.83. The maximum absolute atomic E-state index is 13.5. The van der Waals surface area contributed by atoms with E-state index < -0.39 is 17.6 Å². The number of fused-ring (bicyclic) bond motifs is 3.